The van der Waals surface area contributed by atoms with Crippen molar-refractivity contribution in [3.63, 3.8) is 0 Å². The number of amides is 1. The first-order valence-corrected chi connectivity index (χ1v) is 11.4. The average Bonchev–Trinajstić information content (AvgIpc) is 3.12. The molecule has 1 fully saturated rings. The van der Waals surface area contributed by atoms with Gasteiger partial charge in [-0.1, -0.05) is 30.3 Å². The Morgan fingerprint density at radius 2 is 1.81 bits per heavy atom. The number of carbonyl (C=O) groups is 1. The molecule has 2 atom stereocenters. The summed E-state index contributed by atoms with van der Waals surface area (Å²) in [5.74, 6) is -0.555. The molecule has 2 aromatic rings. The van der Waals surface area contributed by atoms with Gasteiger partial charge in [-0.05, 0) is 41.6 Å². The second kappa shape index (κ2) is 9.53. The minimum absolute atomic E-state index is 0.0867. The number of hydrogen-bond acceptors (Lipinski definition) is 7. The van der Waals surface area contributed by atoms with Crippen LogP contribution in [0.1, 0.15) is 18.7 Å². The monoisotopic (exact) mass is 461 g/mol. The van der Waals surface area contributed by atoms with Crippen LogP contribution in [0.25, 0.3) is 0 Å². The van der Waals surface area contributed by atoms with Gasteiger partial charge in [0.05, 0.1) is 4.90 Å². The van der Waals surface area contributed by atoms with Crippen LogP contribution in [0.5, 0.6) is 0 Å². The number of sulfonamides is 1. The minimum Gasteiger partial charge on any atom is -0.597 e. The molecule has 1 aliphatic heterocycles. The van der Waals surface area contributed by atoms with Crippen LogP contribution in [-0.2, 0) is 19.7 Å². The predicted molar refractivity (Wildman–Crippen MR) is 118 cm³/mol. The van der Waals surface area contributed by atoms with Crippen LogP contribution >= 0.6 is 0 Å². The van der Waals surface area contributed by atoms with Crippen molar-refractivity contribution in [2.45, 2.75) is 24.0 Å². The zero-order valence-electron chi connectivity index (χ0n) is 18.5. The molecule has 1 heterocycles. The third-order valence-electron chi connectivity index (χ3n) is 5.24. The fraction of sp³-hybridized carbons (Fsp3) is 0.381. The maximum Gasteiger partial charge on any atom is 0.294 e. The summed E-state index contributed by atoms with van der Waals surface area (Å²) in [4.78, 5) is 21.1. The highest BCUT2D eigenvalue weighted by molar-refractivity contribution is 7.89. The van der Waals surface area contributed by atoms with Crippen molar-refractivity contribution in [3.05, 3.63) is 65.4 Å². The SMILES string of the molecule is CO/N=[N+](\[O-])CC(=O)N1C(C)CN(S(=O)(=O)c2ccccc2)C1c1ccc(N(C)C)cc1. The normalized spacial score (nSPS) is 19.8. The average molecular weight is 462 g/mol. The first kappa shape index (κ1) is 23.5. The van der Waals surface area contributed by atoms with Gasteiger partial charge in [0.1, 0.15) is 13.3 Å². The molecule has 1 amide bonds. The van der Waals surface area contributed by atoms with Gasteiger partial charge in [0.15, 0.2) is 5.28 Å². The molecular formula is C21H27N5O5S. The minimum atomic E-state index is -3.91. The number of hydroxylamine groups is 1. The fourth-order valence-electron chi connectivity index (χ4n) is 3.76. The Kier molecular flexibility index (Phi) is 6.99. The van der Waals surface area contributed by atoms with Crippen LogP contribution in [0, 0.1) is 5.21 Å². The van der Waals surface area contributed by atoms with Crippen molar-refractivity contribution < 1.29 is 22.9 Å². The zero-order chi connectivity index (χ0) is 23.5. The standard InChI is InChI=1S/C21H27N5O5S/c1-16-14-24(32(29,30)19-8-6-5-7-9-19)21(17-10-12-18(13-11-17)23(2)3)26(16)20(27)15-25(28)22-31-4/h5-13,16,21H,14-15H2,1-4H3/b25-22-. The number of hydrogen-bond donors (Lipinski definition) is 0. The molecule has 32 heavy (non-hydrogen) atoms. The first-order chi connectivity index (χ1) is 15.2. The summed E-state index contributed by atoms with van der Waals surface area (Å²) in [5.41, 5.74) is 1.55. The number of benzene rings is 2. The fourth-order valence-corrected chi connectivity index (χ4v) is 5.43. The Morgan fingerprint density at radius 1 is 1.19 bits per heavy atom. The van der Waals surface area contributed by atoms with Gasteiger partial charge in [0.25, 0.3) is 12.5 Å². The molecule has 2 unspecified atom stereocenters. The predicted octanol–water partition coefficient (Wildman–Crippen LogP) is 2.20. The van der Waals surface area contributed by atoms with E-state index in [4.69, 9.17) is 0 Å². The second-order valence-corrected chi connectivity index (χ2v) is 9.56. The molecule has 11 heteroatoms. The van der Waals surface area contributed by atoms with Crippen LogP contribution < -0.4 is 4.90 Å². The molecule has 172 valence electrons. The molecule has 3 rings (SSSR count). The molecule has 0 spiro atoms. The van der Waals surface area contributed by atoms with E-state index in [1.165, 1.54) is 28.4 Å². The molecule has 2 aromatic carbocycles. The highest BCUT2D eigenvalue weighted by atomic mass is 32.2. The summed E-state index contributed by atoms with van der Waals surface area (Å²) in [7, 11) is 1.09. The molecule has 0 radical (unpaired) electrons. The van der Waals surface area contributed by atoms with E-state index in [0.29, 0.717) is 5.56 Å². The van der Waals surface area contributed by atoms with Gasteiger partial charge in [0.2, 0.25) is 10.0 Å². The number of carbonyl (C=O) groups excluding carboxylic acids is 1. The highest BCUT2D eigenvalue weighted by Gasteiger charge is 2.47. The second-order valence-electron chi connectivity index (χ2n) is 7.67. The largest absolute Gasteiger partial charge is 0.597 e. The molecule has 1 aliphatic rings. The number of rotatable bonds is 7. The van der Waals surface area contributed by atoms with Crippen molar-refractivity contribution in [2.75, 3.05) is 39.2 Å². The molecule has 0 aromatic heterocycles. The van der Waals surface area contributed by atoms with Crippen molar-refractivity contribution in [3.8, 4) is 0 Å². The van der Waals surface area contributed by atoms with Gasteiger partial charge in [-0.3, -0.25) is 4.79 Å². The van der Waals surface area contributed by atoms with E-state index in [1.54, 1.807) is 37.3 Å². The summed E-state index contributed by atoms with van der Waals surface area (Å²) in [6.45, 7) is 1.25. The number of nitrogens with zero attached hydrogens (tertiary/aromatic N) is 5. The Bertz CT molecular complexity index is 1070. The summed E-state index contributed by atoms with van der Waals surface area (Å²) < 4.78 is 28.3. The maximum absolute atomic E-state index is 13.5. The van der Waals surface area contributed by atoms with Gasteiger partial charge in [-0.15, -0.1) is 0 Å². The summed E-state index contributed by atoms with van der Waals surface area (Å²) in [5, 5.41) is 15.0. The van der Waals surface area contributed by atoms with Gasteiger partial charge in [0, 0.05) is 32.4 Å². The van der Waals surface area contributed by atoms with Crippen LogP contribution in [0.15, 0.2) is 64.8 Å². The Hall–Kier alpha value is -3.18. The third kappa shape index (κ3) is 4.68. The topological polar surface area (TPSA) is 109 Å². The lowest BCUT2D eigenvalue weighted by Crippen LogP contribution is -2.42. The Morgan fingerprint density at radius 3 is 2.38 bits per heavy atom. The van der Waals surface area contributed by atoms with Crippen LogP contribution in [0.3, 0.4) is 0 Å². The highest BCUT2D eigenvalue weighted by Crippen LogP contribution is 2.38. The molecule has 0 aliphatic carbocycles. The molecule has 0 bridgehead atoms. The van der Waals surface area contributed by atoms with E-state index in [2.05, 4.69) is 10.1 Å². The lowest BCUT2D eigenvalue weighted by Gasteiger charge is -2.31. The number of anilines is 1. The van der Waals surface area contributed by atoms with Gasteiger partial charge >= 0.3 is 0 Å². The Balaban J connectivity index is 2.06. The summed E-state index contributed by atoms with van der Waals surface area (Å²) in [6, 6.07) is 14.9. The molecule has 1 saturated heterocycles. The van der Waals surface area contributed by atoms with Gasteiger partial charge in [-0.2, -0.15) is 4.31 Å². The van der Waals surface area contributed by atoms with Gasteiger partial charge < -0.3 is 19.8 Å². The van der Waals surface area contributed by atoms with Crippen molar-refractivity contribution >= 4 is 21.6 Å². The molecule has 0 saturated carbocycles. The van der Waals surface area contributed by atoms with Gasteiger partial charge in [-0.25, -0.2) is 8.42 Å². The van der Waals surface area contributed by atoms with Crippen LogP contribution in [0.2, 0.25) is 0 Å². The Labute approximate surface area is 187 Å². The lowest BCUT2D eigenvalue weighted by atomic mass is 10.1. The molecule has 0 N–H and O–H groups in total. The third-order valence-corrected chi connectivity index (χ3v) is 7.08. The van der Waals surface area contributed by atoms with Crippen LogP contribution in [0.4, 0.5) is 5.69 Å². The van der Waals surface area contributed by atoms with E-state index < -0.39 is 34.7 Å². The first-order valence-electron chi connectivity index (χ1n) is 10.0. The smallest absolute Gasteiger partial charge is 0.294 e. The van der Waals surface area contributed by atoms with Crippen LogP contribution in [-0.4, -0.2) is 68.7 Å². The molecular weight excluding hydrogens is 434 g/mol. The molecule has 10 nitrogen and oxygen atoms in total. The quantitative estimate of drug-likeness (QED) is 0.355. The van der Waals surface area contributed by atoms with Crippen molar-refractivity contribution in [1.29, 1.82) is 0 Å². The summed E-state index contributed by atoms with van der Waals surface area (Å²) in [6.07, 6.45) is -0.908. The summed E-state index contributed by atoms with van der Waals surface area (Å²) >= 11 is 0. The van der Waals surface area contributed by atoms with E-state index in [1.807, 2.05) is 31.1 Å². The van der Waals surface area contributed by atoms with E-state index in [9.17, 15) is 18.4 Å². The van der Waals surface area contributed by atoms with Crippen molar-refractivity contribution in [2.24, 2.45) is 5.28 Å². The maximum atomic E-state index is 13.5. The van der Waals surface area contributed by atoms with E-state index in [-0.39, 0.29) is 16.3 Å². The van der Waals surface area contributed by atoms with E-state index in [0.717, 1.165) is 5.69 Å². The zero-order valence-corrected chi connectivity index (χ0v) is 19.3. The van der Waals surface area contributed by atoms with Crippen molar-refractivity contribution in [1.82, 2.24) is 9.21 Å². The van der Waals surface area contributed by atoms with E-state index >= 15 is 0 Å². The lowest BCUT2D eigenvalue weighted by molar-refractivity contribution is -0.547.